The average Bonchev–Trinajstić information content (AvgIpc) is 2.52. The van der Waals surface area contributed by atoms with Gasteiger partial charge in [-0.2, -0.15) is 0 Å². The highest BCUT2D eigenvalue weighted by molar-refractivity contribution is 5.47. The van der Waals surface area contributed by atoms with Crippen LogP contribution in [-0.2, 0) is 0 Å². The lowest BCUT2D eigenvalue weighted by Gasteiger charge is -2.37. The fourth-order valence-electron chi connectivity index (χ4n) is 3.06. The SMILES string of the molecule is CCN(CC)c1ccc(C(CO)N2CCN(C)CC2)cc1. The maximum Gasteiger partial charge on any atom is 0.0628 e. The number of hydrogen-bond acceptors (Lipinski definition) is 4. The third kappa shape index (κ3) is 3.96. The number of benzene rings is 1. The monoisotopic (exact) mass is 291 g/mol. The van der Waals surface area contributed by atoms with Crippen LogP contribution < -0.4 is 4.90 Å². The number of nitrogens with zero attached hydrogens (tertiary/aromatic N) is 3. The molecule has 1 aliphatic rings. The second kappa shape index (κ2) is 7.78. The Balaban J connectivity index is 2.08. The van der Waals surface area contributed by atoms with Gasteiger partial charge in [0, 0.05) is 45.0 Å². The summed E-state index contributed by atoms with van der Waals surface area (Å²) in [4.78, 5) is 7.08. The molecular formula is C17H29N3O. The lowest BCUT2D eigenvalue weighted by Crippen LogP contribution is -2.46. The molecule has 0 spiro atoms. The van der Waals surface area contributed by atoms with E-state index in [1.807, 2.05) is 0 Å². The lowest BCUT2D eigenvalue weighted by atomic mass is 10.0. The Bertz CT molecular complexity index is 409. The summed E-state index contributed by atoms with van der Waals surface area (Å²) in [6.45, 7) is 10.8. The van der Waals surface area contributed by atoms with E-state index in [2.05, 4.69) is 59.9 Å². The number of aliphatic hydroxyl groups is 1. The minimum absolute atomic E-state index is 0.129. The van der Waals surface area contributed by atoms with E-state index in [4.69, 9.17) is 0 Å². The van der Waals surface area contributed by atoms with Gasteiger partial charge in [0.15, 0.2) is 0 Å². The molecule has 0 amide bonds. The van der Waals surface area contributed by atoms with Crippen LogP contribution in [0.3, 0.4) is 0 Å². The Hall–Kier alpha value is -1.10. The van der Waals surface area contributed by atoms with E-state index < -0.39 is 0 Å². The molecule has 1 aromatic rings. The highest BCUT2D eigenvalue weighted by Crippen LogP contribution is 2.24. The molecule has 1 N–H and O–H groups in total. The van der Waals surface area contributed by atoms with E-state index in [0.717, 1.165) is 39.3 Å². The first kappa shape index (κ1) is 16.3. The summed E-state index contributed by atoms with van der Waals surface area (Å²) in [7, 11) is 2.16. The van der Waals surface area contributed by atoms with Gasteiger partial charge in [-0.15, -0.1) is 0 Å². The maximum absolute atomic E-state index is 9.80. The minimum atomic E-state index is 0.129. The van der Waals surface area contributed by atoms with Crippen molar-refractivity contribution in [1.82, 2.24) is 9.80 Å². The van der Waals surface area contributed by atoms with Gasteiger partial charge in [0.2, 0.25) is 0 Å². The Labute approximate surface area is 129 Å². The van der Waals surface area contributed by atoms with Crippen LogP contribution in [0, 0.1) is 0 Å². The molecule has 0 radical (unpaired) electrons. The second-order valence-electron chi connectivity index (χ2n) is 5.80. The summed E-state index contributed by atoms with van der Waals surface area (Å²) in [5.41, 5.74) is 2.48. The van der Waals surface area contributed by atoms with Gasteiger partial charge in [0.05, 0.1) is 12.6 Å². The molecule has 1 saturated heterocycles. The van der Waals surface area contributed by atoms with Gasteiger partial charge < -0.3 is 14.9 Å². The Kier molecular flexibility index (Phi) is 6.03. The molecular weight excluding hydrogens is 262 g/mol. The van der Waals surface area contributed by atoms with Gasteiger partial charge in [-0.1, -0.05) is 12.1 Å². The summed E-state index contributed by atoms with van der Waals surface area (Å²) in [6.07, 6.45) is 0. The van der Waals surface area contributed by atoms with Crippen LogP contribution in [-0.4, -0.2) is 67.8 Å². The first-order chi connectivity index (χ1) is 10.2. The van der Waals surface area contributed by atoms with Crippen molar-refractivity contribution in [2.45, 2.75) is 19.9 Å². The van der Waals surface area contributed by atoms with Crippen LogP contribution in [0.1, 0.15) is 25.5 Å². The smallest absolute Gasteiger partial charge is 0.0628 e. The highest BCUT2D eigenvalue weighted by atomic mass is 16.3. The van der Waals surface area contributed by atoms with Crippen molar-refractivity contribution in [3.63, 3.8) is 0 Å². The van der Waals surface area contributed by atoms with Crippen molar-refractivity contribution in [3.05, 3.63) is 29.8 Å². The van der Waals surface area contributed by atoms with Gasteiger partial charge in [-0.3, -0.25) is 4.90 Å². The lowest BCUT2D eigenvalue weighted by molar-refractivity contribution is 0.0748. The number of hydrogen-bond donors (Lipinski definition) is 1. The van der Waals surface area contributed by atoms with Crippen molar-refractivity contribution in [3.8, 4) is 0 Å². The first-order valence-electron chi connectivity index (χ1n) is 8.08. The molecule has 1 aromatic carbocycles. The molecule has 1 aliphatic heterocycles. The standard InChI is InChI=1S/C17H29N3O/c1-4-19(5-2)16-8-6-15(7-9-16)17(14-21)20-12-10-18(3)11-13-20/h6-9,17,21H,4-5,10-14H2,1-3H3. The zero-order valence-electron chi connectivity index (χ0n) is 13.6. The maximum atomic E-state index is 9.80. The average molecular weight is 291 g/mol. The Morgan fingerprint density at radius 2 is 1.62 bits per heavy atom. The predicted molar refractivity (Wildman–Crippen MR) is 88.9 cm³/mol. The zero-order chi connectivity index (χ0) is 15.2. The molecule has 0 aromatic heterocycles. The van der Waals surface area contributed by atoms with Gasteiger partial charge in [-0.05, 0) is 38.6 Å². The molecule has 118 valence electrons. The van der Waals surface area contributed by atoms with Gasteiger partial charge in [-0.25, -0.2) is 0 Å². The first-order valence-corrected chi connectivity index (χ1v) is 8.08. The second-order valence-corrected chi connectivity index (χ2v) is 5.80. The van der Waals surface area contributed by atoms with Crippen molar-refractivity contribution in [2.24, 2.45) is 0 Å². The van der Waals surface area contributed by atoms with Gasteiger partial charge in [0.25, 0.3) is 0 Å². The van der Waals surface area contributed by atoms with Crippen LogP contribution >= 0.6 is 0 Å². The predicted octanol–water partition coefficient (Wildman–Crippen LogP) is 1.81. The third-order valence-electron chi connectivity index (χ3n) is 4.56. The molecule has 0 aliphatic carbocycles. The molecule has 1 unspecified atom stereocenters. The summed E-state index contributed by atoms with van der Waals surface area (Å²) in [5.74, 6) is 0. The van der Waals surface area contributed by atoms with Crippen LogP contribution in [0.15, 0.2) is 24.3 Å². The Morgan fingerprint density at radius 1 is 1.05 bits per heavy atom. The van der Waals surface area contributed by atoms with Crippen molar-refractivity contribution >= 4 is 5.69 Å². The number of piperazine rings is 1. The molecule has 2 rings (SSSR count). The summed E-state index contributed by atoms with van der Waals surface area (Å²) < 4.78 is 0. The minimum Gasteiger partial charge on any atom is -0.394 e. The largest absolute Gasteiger partial charge is 0.394 e. The molecule has 1 fully saturated rings. The molecule has 4 heteroatoms. The topological polar surface area (TPSA) is 30.0 Å². The Morgan fingerprint density at radius 3 is 2.10 bits per heavy atom. The summed E-state index contributed by atoms with van der Waals surface area (Å²) in [5, 5.41) is 9.80. The van der Waals surface area contributed by atoms with Crippen molar-refractivity contribution < 1.29 is 5.11 Å². The number of anilines is 1. The van der Waals surface area contributed by atoms with E-state index in [-0.39, 0.29) is 12.6 Å². The van der Waals surface area contributed by atoms with Crippen LogP contribution in [0.2, 0.25) is 0 Å². The van der Waals surface area contributed by atoms with Crippen LogP contribution in [0.25, 0.3) is 0 Å². The number of aliphatic hydroxyl groups excluding tert-OH is 1. The zero-order valence-corrected chi connectivity index (χ0v) is 13.6. The number of rotatable bonds is 6. The molecule has 1 heterocycles. The van der Waals surface area contributed by atoms with Crippen molar-refractivity contribution in [1.29, 1.82) is 0 Å². The van der Waals surface area contributed by atoms with Crippen LogP contribution in [0.4, 0.5) is 5.69 Å². The molecule has 1 atom stereocenters. The quantitative estimate of drug-likeness (QED) is 0.866. The molecule has 0 bridgehead atoms. The van der Waals surface area contributed by atoms with E-state index in [1.165, 1.54) is 11.3 Å². The summed E-state index contributed by atoms with van der Waals surface area (Å²) in [6, 6.07) is 8.84. The molecule has 4 nitrogen and oxygen atoms in total. The van der Waals surface area contributed by atoms with E-state index in [1.54, 1.807) is 0 Å². The van der Waals surface area contributed by atoms with Gasteiger partial charge >= 0.3 is 0 Å². The van der Waals surface area contributed by atoms with Gasteiger partial charge in [0.1, 0.15) is 0 Å². The van der Waals surface area contributed by atoms with E-state index in [0.29, 0.717) is 0 Å². The summed E-state index contributed by atoms with van der Waals surface area (Å²) >= 11 is 0. The fraction of sp³-hybridized carbons (Fsp3) is 0.647. The highest BCUT2D eigenvalue weighted by Gasteiger charge is 2.23. The fourth-order valence-corrected chi connectivity index (χ4v) is 3.06. The van der Waals surface area contributed by atoms with E-state index >= 15 is 0 Å². The molecule has 21 heavy (non-hydrogen) atoms. The normalized spacial score (nSPS) is 18.7. The van der Waals surface area contributed by atoms with Crippen molar-refractivity contribution in [2.75, 3.05) is 57.8 Å². The van der Waals surface area contributed by atoms with Crippen LogP contribution in [0.5, 0.6) is 0 Å². The third-order valence-corrected chi connectivity index (χ3v) is 4.56. The van der Waals surface area contributed by atoms with E-state index in [9.17, 15) is 5.11 Å². The molecule has 0 saturated carbocycles. The number of likely N-dealkylation sites (N-methyl/N-ethyl adjacent to an activating group) is 1.